The van der Waals surface area contributed by atoms with Crippen LogP contribution in [0.15, 0.2) is 71.3 Å². The smallest absolute Gasteiger partial charge is 0.269 e. The molecule has 0 aliphatic carbocycles. The number of aromatic nitrogens is 2. The van der Waals surface area contributed by atoms with E-state index in [1.807, 2.05) is 0 Å². The van der Waals surface area contributed by atoms with E-state index in [1.165, 1.54) is 20.4 Å². The first-order valence-electron chi connectivity index (χ1n) is 10.8. The molecule has 1 atom stereocenters. The molecule has 2 aromatic heterocycles. The molecule has 0 bridgehead atoms. The highest BCUT2D eigenvalue weighted by atomic mass is 35.5. The summed E-state index contributed by atoms with van der Waals surface area (Å²) in [4.78, 5) is 7.54. The van der Waals surface area contributed by atoms with E-state index in [9.17, 15) is 8.42 Å². The third kappa shape index (κ3) is 5.77. The number of hydrogen-bond acceptors (Lipinski definition) is 9. The molecule has 0 aliphatic rings. The molecule has 194 valence electrons. The molecule has 2 heterocycles. The number of nitrogens with two attached hydrogens (primary N) is 1. The maximum atomic E-state index is 15.3. The minimum Gasteiger partial charge on any atom is -0.497 e. The summed E-state index contributed by atoms with van der Waals surface area (Å²) in [7, 11) is -1.48. The summed E-state index contributed by atoms with van der Waals surface area (Å²) in [5.41, 5.74) is 7.42. The van der Waals surface area contributed by atoms with Crippen molar-refractivity contribution in [3.8, 4) is 11.5 Å². The highest BCUT2D eigenvalue weighted by molar-refractivity contribution is 7.93. The minimum absolute atomic E-state index is 0.0274. The Morgan fingerprint density at radius 1 is 1.19 bits per heavy atom. The molecule has 9 nitrogen and oxygen atoms in total. The lowest BCUT2D eigenvalue weighted by molar-refractivity contribution is 0.391. The summed E-state index contributed by atoms with van der Waals surface area (Å²) >= 11 is 7.47. The van der Waals surface area contributed by atoms with E-state index in [2.05, 4.69) is 15.3 Å². The third-order valence-electron chi connectivity index (χ3n) is 5.38. The van der Waals surface area contributed by atoms with E-state index in [0.29, 0.717) is 22.6 Å². The molecule has 37 heavy (non-hydrogen) atoms. The number of ether oxygens (including phenoxy) is 2. The van der Waals surface area contributed by atoms with Crippen LogP contribution in [0.3, 0.4) is 0 Å². The van der Waals surface area contributed by atoms with Crippen LogP contribution < -0.4 is 24.8 Å². The topological polar surface area (TPSA) is 120 Å². The van der Waals surface area contributed by atoms with Gasteiger partial charge in [0.15, 0.2) is 5.13 Å². The van der Waals surface area contributed by atoms with Crippen molar-refractivity contribution in [3.05, 3.63) is 88.4 Å². The van der Waals surface area contributed by atoms with Gasteiger partial charge >= 0.3 is 0 Å². The maximum Gasteiger partial charge on any atom is 0.269 e. The van der Waals surface area contributed by atoms with Crippen molar-refractivity contribution >= 4 is 43.8 Å². The molecular weight excluding hydrogens is 541 g/mol. The average molecular weight is 564 g/mol. The number of hydrogen-bond donors (Lipinski definition) is 2. The molecule has 4 aromatic rings. The van der Waals surface area contributed by atoms with Crippen LogP contribution in [0.4, 0.5) is 15.2 Å². The second-order valence-corrected chi connectivity index (χ2v) is 10.8. The first kappa shape index (κ1) is 26.6. The predicted molar refractivity (Wildman–Crippen MR) is 141 cm³/mol. The van der Waals surface area contributed by atoms with Crippen LogP contribution in [0.25, 0.3) is 0 Å². The van der Waals surface area contributed by atoms with Crippen molar-refractivity contribution < 1.29 is 22.3 Å². The number of methoxy groups -OCH3 is 2. The van der Waals surface area contributed by atoms with Gasteiger partial charge in [-0.15, -0.1) is 11.3 Å². The van der Waals surface area contributed by atoms with E-state index >= 15 is 4.39 Å². The molecule has 3 N–H and O–H groups in total. The van der Waals surface area contributed by atoms with E-state index in [1.54, 1.807) is 48.1 Å². The van der Waals surface area contributed by atoms with E-state index < -0.39 is 26.9 Å². The van der Waals surface area contributed by atoms with Gasteiger partial charge in [0, 0.05) is 41.2 Å². The number of nitrogens with zero attached hydrogens (tertiary/aromatic N) is 3. The fourth-order valence-electron chi connectivity index (χ4n) is 3.50. The van der Waals surface area contributed by atoms with Gasteiger partial charge in [-0.2, -0.15) is 0 Å². The van der Waals surface area contributed by atoms with Crippen LogP contribution in [0, 0.1) is 5.82 Å². The standard InChI is InChI=1S/C24H23ClFN5O4S2/c1-34-17-6-5-16(21(10-17)35-2)14-31(24-29-8-9-36-24)37(32,33)22-11-18(25)20(12-19(22)26)30-23(27)15-4-3-7-28-13-15/h3-13,23,30H,14,27H2,1-2H3/t23-/m1/s1. The van der Waals surface area contributed by atoms with Crippen LogP contribution in [-0.2, 0) is 16.6 Å². The van der Waals surface area contributed by atoms with Gasteiger partial charge in [-0.05, 0) is 30.3 Å². The summed E-state index contributed by atoms with van der Waals surface area (Å²) in [6.07, 6.45) is 3.87. The molecule has 0 fully saturated rings. The first-order chi connectivity index (χ1) is 17.7. The Kier molecular flexibility index (Phi) is 8.13. The second-order valence-electron chi connectivity index (χ2n) is 7.67. The van der Waals surface area contributed by atoms with Gasteiger partial charge in [-0.3, -0.25) is 4.98 Å². The number of rotatable bonds is 10. The highest BCUT2D eigenvalue weighted by Crippen LogP contribution is 2.35. The fraction of sp³-hybridized carbons (Fsp3) is 0.167. The Morgan fingerprint density at radius 3 is 2.65 bits per heavy atom. The molecule has 0 spiro atoms. The molecule has 0 unspecified atom stereocenters. The van der Waals surface area contributed by atoms with Gasteiger partial charge in [0.1, 0.15) is 28.4 Å². The maximum absolute atomic E-state index is 15.3. The van der Waals surface area contributed by atoms with Gasteiger partial charge in [-0.25, -0.2) is 22.1 Å². The third-order valence-corrected chi connectivity index (χ3v) is 8.36. The molecule has 0 saturated carbocycles. The summed E-state index contributed by atoms with van der Waals surface area (Å²) in [6.45, 7) is -0.175. The van der Waals surface area contributed by atoms with Crippen molar-refractivity contribution in [2.75, 3.05) is 23.8 Å². The Bertz CT molecular complexity index is 1470. The highest BCUT2D eigenvalue weighted by Gasteiger charge is 2.32. The Balaban J connectivity index is 1.70. The molecular formula is C24H23ClFN5O4S2. The van der Waals surface area contributed by atoms with Crippen LogP contribution in [0.2, 0.25) is 5.02 Å². The van der Waals surface area contributed by atoms with Crippen LogP contribution in [0.5, 0.6) is 11.5 Å². The number of sulfonamides is 1. The van der Waals surface area contributed by atoms with E-state index in [-0.39, 0.29) is 22.4 Å². The monoisotopic (exact) mass is 563 g/mol. The molecule has 0 amide bonds. The lowest BCUT2D eigenvalue weighted by Crippen LogP contribution is -2.31. The molecule has 4 rings (SSSR count). The van der Waals surface area contributed by atoms with E-state index in [4.69, 9.17) is 26.8 Å². The zero-order chi connectivity index (χ0) is 26.6. The van der Waals surface area contributed by atoms with Crippen molar-refractivity contribution in [2.24, 2.45) is 5.73 Å². The van der Waals surface area contributed by atoms with Crippen molar-refractivity contribution in [2.45, 2.75) is 17.6 Å². The lowest BCUT2D eigenvalue weighted by atomic mass is 10.2. The minimum atomic E-state index is -4.45. The van der Waals surface area contributed by atoms with Gasteiger partial charge in [0.05, 0.1) is 31.5 Å². The van der Waals surface area contributed by atoms with Crippen molar-refractivity contribution in [1.29, 1.82) is 0 Å². The van der Waals surface area contributed by atoms with Gasteiger partial charge in [-0.1, -0.05) is 17.7 Å². The SMILES string of the molecule is COc1ccc(CN(c2nccs2)S(=O)(=O)c2cc(Cl)c(N[C@@H](N)c3cccnc3)cc2F)c(OC)c1. The second kappa shape index (κ2) is 11.3. The summed E-state index contributed by atoms with van der Waals surface area (Å²) in [5, 5.41) is 4.63. The summed E-state index contributed by atoms with van der Waals surface area (Å²) in [5.74, 6) is -0.0678. The first-order valence-corrected chi connectivity index (χ1v) is 13.5. The van der Waals surface area contributed by atoms with E-state index in [0.717, 1.165) is 27.8 Å². The normalized spacial score (nSPS) is 12.1. The summed E-state index contributed by atoms with van der Waals surface area (Å²) < 4.78 is 54.5. The number of anilines is 2. The lowest BCUT2D eigenvalue weighted by Gasteiger charge is -2.24. The zero-order valence-corrected chi connectivity index (χ0v) is 22.1. The fourth-order valence-corrected chi connectivity index (χ4v) is 6.12. The quantitative estimate of drug-likeness (QED) is 0.264. The van der Waals surface area contributed by atoms with Gasteiger partial charge in [0.25, 0.3) is 10.0 Å². The van der Waals surface area contributed by atoms with Crippen molar-refractivity contribution in [3.63, 3.8) is 0 Å². The average Bonchev–Trinajstić information content (AvgIpc) is 3.43. The Hall–Kier alpha value is -3.45. The Morgan fingerprint density at radius 2 is 2.00 bits per heavy atom. The van der Waals surface area contributed by atoms with Gasteiger partial charge in [0.2, 0.25) is 0 Å². The molecule has 0 saturated heterocycles. The molecule has 0 radical (unpaired) electrons. The number of nitrogens with one attached hydrogen (secondary N) is 1. The number of halogens is 2. The Labute approximate surface area is 222 Å². The summed E-state index contributed by atoms with van der Waals surface area (Å²) in [6, 6.07) is 10.5. The zero-order valence-electron chi connectivity index (χ0n) is 19.8. The van der Waals surface area contributed by atoms with Crippen LogP contribution >= 0.6 is 22.9 Å². The molecule has 0 aliphatic heterocycles. The number of benzene rings is 2. The predicted octanol–water partition coefficient (Wildman–Crippen LogP) is 4.81. The molecule has 2 aromatic carbocycles. The van der Waals surface area contributed by atoms with Crippen molar-refractivity contribution in [1.82, 2.24) is 9.97 Å². The van der Waals surface area contributed by atoms with Crippen LogP contribution in [-0.4, -0.2) is 32.6 Å². The van der Waals surface area contributed by atoms with Crippen LogP contribution in [0.1, 0.15) is 17.3 Å². The number of thiazole rings is 1. The largest absolute Gasteiger partial charge is 0.497 e. The van der Waals surface area contributed by atoms with Gasteiger partial charge < -0.3 is 20.5 Å². The molecule has 13 heteroatoms. The number of pyridine rings is 1.